The fraction of sp³-hybridized carbons (Fsp3) is 0.241. The van der Waals surface area contributed by atoms with Gasteiger partial charge in [-0.2, -0.15) is 5.10 Å². The zero-order valence-corrected chi connectivity index (χ0v) is 22.7. The molecule has 0 radical (unpaired) electrons. The van der Waals surface area contributed by atoms with Gasteiger partial charge in [-0.25, -0.2) is 4.39 Å². The number of aromatic nitrogens is 3. The average molecular weight is 581 g/mol. The standard InChI is InChI=1S/C29H23Cl2FN4O4/c1-35-14-17(12-34-35)27(38)16-8-24-26(25(32)9-16)29(40-23-10-22(37)11-23,18-2-4-19(30)5-3-18)36(28(24)39)15-21-7-6-20(31)13-33-21/h2-9,12-14,22-23,37H,10-11,15H2,1H3/t22?,23?,29-/m1/s1. The van der Waals surface area contributed by atoms with Gasteiger partial charge in [0.1, 0.15) is 5.82 Å². The Balaban J connectivity index is 1.55. The molecule has 11 heteroatoms. The number of ketones is 1. The number of rotatable bonds is 7. The van der Waals surface area contributed by atoms with E-state index < -0.39 is 35.4 Å². The maximum Gasteiger partial charge on any atom is 0.257 e. The van der Waals surface area contributed by atoms with Crippen LogP contribution in [-0.2, 0) is 24.1 Å². The molecule has 2 aromatic carbocycles. The number of carbonyl (C=O) groups is 2. The molecule has 1 saturated carbocycles. The summed E-state index contributed by atoms with van der Waals surface area (Å²) in [5.74, 6) is -1.79. The third-order valence-corrected chi connectivity index (χ3v) is 7.74. The number of aliphatic hydroxyl groups excluding tert-OH is 1. The zero-order chi connectivity index (χ0) is 28.2. The summed E-state index contributed by atoms with van der Waals surface area (Å²) in [4.78, 5) is 33.1. The molecule has 204 valence electrons. The number of carbonyl (C=O) groups excluding carboxylic acids is 2. The van der Waals surface area contributed by atoms with Crippen molar-refractivity contribution in [3.05, 3.63) is 116 Å². The van der Waals surface area contributed by atoms with E-state index in [1.165, 1.54) is 34.2 Å². The zero-order valence-electron chi connectivity index (χ0n) is 21.2. The fourth-order valence-corrected chi connectivity index (χ4v) is 5.50. The first-order chi connectivity index (χ1) is 19.2. The van der Waals surface area contributed by atoms with Gasteiger partial charge >= 0.3 is 0 Å². The Bertz CT molecular complexity index is 1620. The fourth-order valence-electron chi connectivity index (χ4n) is 5.27. The Morgan fingerprint density at radius 3 is 2.45 bits per heavy atom. The Hall–Kier alpha value is -3.63. The molecule has 6 rings (SSSR count). The van der Waals surface area contributed by atoms with Crippen molar-refractivity contribution in [3.63, 3.8) is 0 Å². The molecule has 1 amide bonds. The summed E-state index contributed by atoms with van der Waals surface area (Å²) in [6.07, 6.45) is 4.01. The van der Waals surface area contributed by atoms with Crippen LogP contribution in [0.5, 0.6) is 0 Å². The van der Waals surface area contributed by atoms with E-state index in [2.05, 4.69) is 10.1 Å². The van der Waals surface area contributed by atoms with Crippen LogP contribution in [-0.4, -0.2) is 48.7 Å². The van der Waals surface area contributed by atoms with E-state index in [1.54, 1.807) is 43.4 Å². The predicted octanol–water partition coefficient (Wildman–Crippen LogP) is 4.89. The first-order valence-corrected chi connectivity index (χ1v) is 13.3. The molecule has 0 saturated heterocycles. The normalized spacial score (nSPS) is 21.8. The SMILES string of the molecule is Cn1cc(C(=O)c2cc(F)c3c(c2)C(=O)N(Cc2ccc(Cl)cn2)[C@@]3(OC2CC(O)C2)c2ccc(Cl)cc2)cn1. The van der Waals surface area contributed by atoms with Gasteiger partial charge in [0.15, 0.2) is 5.78 Å². The van der Waals surface area contributed by atoms with Crippen LogP contribution < -0.4 is 0 Å². The highest BCUT2D eigenvalue weighted by molar-refractivity contribution is 6.30. The maximum absolute atomic E-state index is 16.3. The molecular formula is C29H23Cl2FN4O4. The number of ether oxygens (including phenoxy) is 1. The number of hydrogen-bond acceptors (Lipinski definition) is 6. The highest BCUT2D eigenvalue weighted by Gasteiger charge is 2.56. The number of benzene rings is 2. The largest absolute Gasteiger partial charge is 0.393 e. The van der Waals surface area contributed by atoms with Crippen molar-refractivity contribution in [2.24, 2.45) is 7.05 Å². The number of aryl methyl sites for hydroxylation is 1. The van der Waals surface area contributed by atoms with Gasteiger partial charge in [0.05, 0.1) is 52.4 Å². The van der Waals surface area contributed by atoms with Gasteiger partial charge in [-0.15, -0.1) is 0 Å². The average Bonchev–Trinajstić information content (AvgIpc) is 3.45. The number of halogens is 3. The molecule has 1 atom stereocenters. The number of amides is 1. The minimum atomic E-state index is -1.72. The Morgan fingerprint density at radius 1 is 1.10 bits per heavy atom. The van der Waals surface area contributed by atoms with E-state index in [0.29, 0.717) is 34.1 Å². The number of hydrogen-bond donors (Lipinski definition) is 1. The quantitative estimate of drug-likeness (QED) is 0.313. The van der Waals surface area contributed by atoms with Crippen LogP contribution in [0, 0.1) is 5.82 Å². The second kappa shape index (κ2) is 10.1. The number of fused-ring (bicyclic) bond motifs is 1. The summed E-state index contributed by atoms with van der Waals surface area (Å²) in [5.41, 5.74) is -0.513. The summed E-state index contributed by atoms with van der Waals surface area (Å²) in [7, 11) is 1.67. The molecule has 2 aromatic heterocycles. The van der Waals surface area contributed by atoms with Gasteiger partial charge < -0.3 is 9.84 Å². The minimum Gasteiger partial charge on any atom is -0.393 e. The first kappa shape index (κ1) is 26.6. The lowest BCUT2D eigenvalue weighted by Crippen LogP contribution is -2.51. The van der Waals surface area contributed by atoms with Crippen molar-refractivity contribution >= 4 is 34.9 Å². The smallest absolute Gasteiger partial charge is 0.257 e. The van der Waals surface area contributed by atoms with E-state index >= 15 is 4.39 Å². The van der Waals surface area contributed by atoms with Crippen molar-refractivity contribution in [2.45, 2.75) is 37.3 Å². The second-order valence-electron chi connectivity index (χ2n) is 9.99. The number of aliphatic hydroxyl groups is 1. The topological polar surface area (TPSA) is 97.6 Å². The van der Waals surface area contributed by atoms with Crippen molar-refractivity contribution in [3.8, 4) is 0 Å². The summed E-state index contributed by atoms with van der Waals surface area (Å²) in [6.45, 7) is -0.0477. The molecule has 1 aliphatic carbocycles. The van der Waals surface area contributed by atoms with E-state index in [9.17, 15) is 14.7 Å². The van der Waals surface area contributed by atoms with Gasteiger partial charge in [0.2, 0.25) is 5.72 Å². The molecule has 2 aliphatic rings. The lowest BCUT2D eigenvalue weighted by molar-refractivity contribution is -0.191. The van der Waals surface area contributed by atoms with Crippen LogP contribution in [0.3, 0.4) is 0 Å². The lowest BCUT2D eigenvalue weighted by atomic mass is 9.87. The maximum atomic E-state index is 16.3. The molecule has 8 nitrogen and oxygen atoms in total. The van der Waals surface area contributed by atoms with Crippen LogP contribution in [0.1, 0.15) is 55.9 Å². The van der Waals surface area contributed by atoms with E-state index in [0.717, 1.165) is 6.07 Å². The minimum absolute atomic E-state index is 0.00368. The summed E-state index contributed by atoms with van der Waals surface area (Å²) < 4.78 is 24.4. The Kier molecular flexibility index (Phi) is 6.70. The molecule has 0 bridgehead atoms. The molecule has 1 aliphatic heterocycles. The summed E-state index contributed by atoms with van der Waals surface area (Å²) >= 11 is 12.2. The van der Waals surface area contributed by atoms with Crippen molar-refractivity contribution < 1.29 is 23.8 Å². The van der Waals surface area contributed by atoms with E-state index in [4.69, 9.17) is 27.9 Å². The van der Waals surface area contributed by atoms with Crippen molar-refractivity contribution in [2.75, 3.05) is 0 Å². The van der Waals surface area contributed by atoms with Gasteiger partial charge in [0.25, 0.3) is 5.91 Å². The third-order valence-electron chi connectivity index (χ3n) is 7.27. The van der Waals surface area contributed by atoms with Crippen LogP contribution in [0.2, 0.25) is 10.0 Å². The molecular weight excluding hydrogens is 558 g/mol. The highest BCUT2D eigenvalue weighted by Crippen LogP contribution is 2.50. The third kappa shape index (κ3) is 4.49. The van der Waals surface area contributed by atoms with Gasteiger partial charge in [-0.1, -0.05) is 35.3 Å². The number of pyridine rings is 1. The van der Waals surface area contributed by atoms with Gasteiger partial charge in [-0.05, 0) is 49.2 Å². The number of nitrogens with zero attached hydrogens (tertiary/aromatic N) is 4. The molecule has 1 N–H and O–H groups in total. The molecule has 3 heterocycles. The Morgan fingerprint density at radius 2 is 1.82 bits per heavy atom. The van der Waals surface area contributed by atoms with Gasteiger partial charge in [-0.3, -0.25) is 24.2 Å². The lowest BCUT2D eigenvalue weighted by Gasteiger charge is -2.45. The van der Waals surface area contributed by atoms with Crippen molar-refractivity contribution in [1.82, 2.24) is 19.7 Å². The van der Waals surface area contributed by atoms with Crippen LogP contribution >= 0.6 is 23.2 Å². The van der Waals surface area contributed by atoms with Gasteiger partial charge in [0, 0.05) is 35.6 Å². The molecule has 1 fully saturated rings. The van der Waals surface area contributed by atoms with E-state index in [-0.39, 0.29) is 28.8 Å². The Labute approximate surface area is 238 Å². The second-order valence-corrected chi connectivity index (χ2v) is 10.9. The molecule has 4 aromatic rings. The highest BCUT2D eigenvalue weighted by atomic mass is 35.5. The van der Waals surface area contributed by atoms with Crippen molar-refractivity contribution in [1.29, 1.82) is 0 Å². The molecule has 40 heavy (non-hydrogen) atoms. The van der Waals surface area contributed by atoms with Crippen LogP contribution in [0.15, 0.2) is 67.1 Å². The first-order valence-electron chi connectivity index (χ1n) is 12.6. The molecule has 0 spiro atoms. The van der Waals surface area contributed by atoms with E-state index in [1.807, 2.05) is 0 Å². The monoisotopic (exact) mass is 580 g/mol. The van der Waals surface area contributed by atoms with Crippen LogP contribution in [0.25, 0.3) is 0 Å². The predicted molar refractivity (Wildman–Crippen MR) is 145 cm³/mol. The molecule has 0 unspecified atom stereocenters. The summed E-state index contributed by atoms with van der Waals surface area (Å²) in [5, 5.41) is 14.9. The summed E-state index contributed by atoms with van der Waals surface area (Å²) in [6, 6.07) is 12.5. The van der Waals surface area contributed by atoms with Crippen LogP contribution in [0.4, 0.5) is 4.39 Å².